The van der Waals surface area contributed by atoms with Gasteiger partial charge in [-0.25, -0.2) is 4.39 Å². The Morgan fingerprint density at radius 3 is 2.27 bits per heavy atom. The van der Waals surface area contributed by atoms with E-state index >= 15 is 0 Å². The monoisotopic (exact) mass is 158 g/mol. The highest BCUT2D eigenvalue weighted by Gasteiger charge is 2.17. The molecule has 0 rings (SSSR count). The number of carbonyl (C=O) groups is 1. The van der Waals surface area contributed by atoms with Crippen LogP contribution in [0.4, 0.5) is 4.39 Å². The second kappa shape index (κ2) is 3.91. The normalized spacial score (nSPS) is 14.3. The van der Waals surface area contributed by atoms with Gasteiger partial charge in [0.05, 0.1) is 5.92 Å². The number of hydrogen-bond donors (Lipinski definition) is 1. The van der Waals surface area contributed by atoms with E-state index in [2.05, 4.69) is 6.58 Å². The Hall–Kier alpha value is -1.12. The van der Waals surface area contributed by atoms with E-state index in [9.17, 15) is 9.18 Å². The average molecular weight is 158 g/mol. The highest BCUT2D eigenvalue weighted by Crippen LogP contribution is 2.19. The second-order valence-corrected chi connectivity index (χ2v) is 2.21. The molecule has 0 spiro atoms. The molecule has 0 saturated carbocycles. The van der Waals surface area contributed by atoms with Gasteiger partial charge in [-0.15, -0.1) is 0 Å². The number of allylic oxidation sites excluding steroid dienone is 2. The molecule has 0 heterocycles. The molecule has 0 aromatic heterocycles. The summed E-state index contributed by atoms with van der Waals surface area (Å²) in [6.45, 7) is 6.03. The quantitative estimate of drug-likeness (QED) is 0.639. The molecule has 11 heavy (non-hydrogen) atoms. The summed E-state index contributed by atoms with van der Waals surface area (Å²) in [5, 5.41) is 8.48. The van der Waals surface area contributed by atoms with Crippen LogP contribution in [0.15, 0.2) is 24.1 Å². The summed E-state index contributed by atoms with van der Waals surface area (Å²) < 4.78 is 12.5. The van der Waals surface area contributed by atoms with Crippen LogP contribution in [0.5, 0.6) is 0 Å². The molecule has 0 aliphatic heterocycles. The van der Waals surface area contributed by atoms with Crippen LogP contribution in [0.1, 0.15) is 13.8 Å². The Balaban J connectivity index is 4.54. The standard InChI is InChI=1S/C8H11FO2/c1-4-7(6(3)9)5(2)8(10)11/h4-5H,3H2,1-2H3,(H,10,11). The van der Waals surface area contributed by atoms with Gasteiger partial charge < -0.3 is 5.11 Å². The number of halogens is 1. The minimum atomic E-state index is -1.04. The molecule has 0 saturated heterocycles. The number of carboxylic acid groups (broad SMARTS) is 1. The van der Waals surface area contributed by atoms with Crippen LogP contribution in [0.25, 0.3) is 0 Å². The number of aliphatic carboxylic acids is 1. The van der Waals surface area contributed by atoms with Crippen LogP contribution < -0.4 is 0 Å². The van der Waals surface area contributed by atoms with Crippen molar-refractivity contribution in [3.63, 3.8) is 0 Å². The highest BCUT2D eigenvalue weighted by molar-refractivity contribution is 5.74. The molecule has 0 aliphatic carbocycles. The van der Waals surface area contributed by atoms with Crippen molar-refractivity contribution in [1.82, 2.24) is 0 Å². The van der Waals surface area contributed by atoms with Crippen molar-refractivity contribution in [3.05, 3.63) is 24.1 Å². The lowest BCUT2D eigenvalue weighted by molar-refractivity contribution is -0.139. The van der Waals surface area contributed by atoms with Crippen molar-refractivity contribution < 1.29 is 14.3 Å². The first kappa shape index (κ1) is 9.88. The van der Waals surface area contributed by atoms with Crippen molar-refractivity contribution in [3.8, 4) is 0 Å². The molecule has 2 nitrogen and oxygen atoms in total. The van der Waals surface area contributed by atoms with Crippen LogP contribution >= 0.6 is 0 Å². The summed E-state index contributed by atoms with van der Waals surface area (Å²) in [6, 6.07) is 0. The van der Waals surface area contributed by atoms with Gasteiger partial charge in [-0.3, -0.25) is 4.79 Å². The lowest BCUT2D eigenvalue weighted by Gasteiger charge is -2.07. The Morgan fingerprint density at radius 1 is 1.73 bits per heavy atom. The molecule has 1 N–H and O–H groups in total. The summed E-state index contributed by atoms with van der Waals surface area (Å²) >= 11 is 0. The average Bonchev–Trinajstić information content (AvgIpc) is 1.88. The summed E-state index contributed by atoms with van der Waals surface area (Å²) in [6.07, 6.45) is 1.42. The Kier molecular flexibility index (Phi) is 3.51. The molecule has 0 aromatic carbocycles. The molecule has 0 radical (unpaired) electrons. The Labute approximate surface area is 65.0 Å². The van der Waals surface area contributed by atoms with Gasteiger partial charge in [-0.2, -0.15) is 0 Å². The van der Waals surface area contributed by atoms with Crippen LogP contribution in [0.2, 0.25) is 0 Å². The van der Waals surface area contributed by atoms with Crippen LogP contribution in [0, 0.1) is 5.92 Å². The number of carboxylic acids is 1. The maximum absolute atomic E-state index is 12.5. The molecule has 3 heteroatoms. The molecule has 0 amide bonds. The summed E-state index contributed by atoms with van der Waals surface area (Å²) in [7, 11) is 0. The zero-order chi connectivity index (χ0) is 9.02. The largest absolute Gasteiger partial charge is 0.481 e. The van der Waals surface area contributed by atoms with Crippen molar-refractivity contribution in [2.75, 3.05) is 0 Å². The van der Waals surface area contributed by atoms with Crippen LogP contribution in [0.3, 0.4) is 0 Å². The first-order valence-corrected chi connectivity index (χ1v) is 3.24. The maximum Gasteiger partial charge on any atom is 0.310 e. The van der Waals surface area contributed by atoms with Crippen molar-refractivity contribution >= 4 is 5.97 Å². The molecule has 1 unspecified atom stereocenters. The summed E-state index contributed by atoms with van der Waals surface area (Å²) in [4.78, 5) is 10.4. The number of hydrogen-bond acceptors (Lipinski definition) is 1. The molecule has 0 bridgehead atoms. The van der Waals surface area contributed by atoms with E-state index in [-0.39, 0.29) is 5.57 Å². The fourth-order valence-electron chi connectivity index (χ4n) is 0.775. The smallest absolute Gasteiger partial charge is 0.310 e. The van der Waals surface area contributed by atoms with Gasteiger partial charge >= 0.3 is 5.97 Å². The van der Waals surface area contributed by atoms with E-state index in [0.717, 1.165) is 0 Å². The predicted molar refractivity (Wildman–Crippen MR) is 40.8 cm³/mol. The van der Waals surface area contributed by atoms with Gasteiger partial charge in [0.1, 0.15) is 5.83 Å². The molecule has 0 fully saturated rings. The molecular formula is C8H11FO2. The first-order chi connectivity index (χ1) is 5.00. The van der Waals surface area contributed by atoms with Gasteiger partial charge in [0.25, 0.3) is 0 Å². The topological polar surface area (TPSA) is 37.3 Å². The van der Waals surface area contributed by atoms with E-state index in [4.69, 9.17) is 5.11 Å². The third kappa shape index (κ3) is 2.53. The van der Waals surface area contributed by atoms with Gasteiger partial charge in [0, 0.05) is 0 Å². The predicted octanol–water partition coefficient (Wildman–Crippen LogP) is 2.14. The summed E-state index contributed by atoms with van der Waals surface area (Å²) in [5.41, 5.74) is 0.137. The van der Waals surface area contributed by atoms with Gasteiger partial charge in [-0.1, -0.05) is 12.7 Å². The molecule has 62 valence electrons. The van der Waals surface area contributed by atoms with Gasteiger partial charge in [0.2, 0.25) is 0 Å². The molecule has 0 aromatic rings. The zero-order valence-electron chi connectivity index (χ0n) is 6.60. The summed E-state index contributed by atoms with van der Waals surface area (Å²) in [5.74, 6) is -2.54. The van der Waals surface area contributed by atoms with E-state index in [1.54, 1.807) is 6.92 Å². The first-order valence-electron chi connectivity index (χ1n) is 3.24. The minimum absolute atomic E-state index is 0.137. The SMILES string of the molecule is C=C(F)C(=CC)C(C)C(=O)O. The van der Waals surface area contributed by atoms with Crippen LogP contribution in [-0.2, 0) is 4.79 Å². The van der Waals surface area contributed by atoms with E-state index < -0.39 is 17.7 Å². The van der Waals surface area contributed by atoms with Crippen molar-refractivity contribution in [2.24, 2.45) is 5.92 Å². The van der Waals surface area contributed by atoms with E-state index in [0.29, 0.717) is 0 Å². The van der Waals surface area contributed by atoms with Gasteiger partial charge in [0.15, 0.2) is 0 Å². The lowest BCUT2D eigenvalue weighted by atomic mass is 10.0. The van der Waals surface area contributed by atoms with Crippen molar-refractivity contribution in [1.29, 1.82) is 0 Å². The fourth-order valence-corrected chi connectivity index (χ4v) is 0.775. The molecule has 1 atom stereocenters. The third-order valence-electron chi connectivity index (χ3n) is 1.46. The fraction of sp³-hybridized carbons (Fsp3) is 0.375. The minimum Gasteiger partial charge on any atom is -0.481 e. The van der Waals surface area contributed by atoms with Gasteiger partial charge in [-0.05, 0) is 19.4 Å². The highest BCUT2D eigenvalue weighted by atomic mass is 19.1. The molecule has 0 aliphatic rings. The lowest BCUT2D eigenvalue weighted by Crippen LogP contribution is -2.12. The zero-order valence-corrected chi connectivity index (χ0v) is 6.60. The second-order valence-electron chi connectivity index (χ2n) is 2.21. The maximum atomic E-state index is 12.5. The Morgan fingerprint density at radius 2 is 2.18 bits per heavy atom. The van der Waals surface area contributed by atoms with Crippen molar-refractivity contribution in [2.45, 2.75) is 13.8 Å². The Bertz CT molecular complexity index is 206. The van der Waals surface area contributed by atoms with Crippen LogP contribution in [-0.4, -0.2) is 11.1 Å². The number of rotatable bonds is 3. The molecular weight excluding hydrogens is 147 g/mol. The van der Waals surface area contributed by atoms with E-state index in [1.165, 1.54) is 13.0 Å². The van der Waals surface area contributed by atoms with E-state index in [1.807, 2.05) is 0 Å². The third-order valence-corrected chi connectivity index (χ3v) is 1.46.